The van der Waals surface area contributed by atoms with E-state index in [1.807, 2.05) is 20.9 Å². The molecule has 14 heteroatoms. The number of nitrogens with zero attached hydrogens (tertiary/aromatic N) is 3. The SMILES string of the molecule is CC(C)[C@H](CC(=O)CCCCCN1C(=O)C=CC1=O)C(=O)N[C@@H](CCCNC(N)=O)C(=O)Cc1ccc(COC(=O)N2CCN(C)CC2)cc1. The molecule has 0 aliphatic carbocycles. The largest absolute Gasteiger partial charge is 0.445 e. The Morgan fingerprint density at radius 1 is 0.880 bits per heavy atom. The molecule has 1 fully saturated rings. The van der Waals surface area contributed by atoms with E-state index in [0.717, 1.165) is 24.2 Å². The monoisotopic (exact) mass is 696 g/mol. The smallest absolute Gasteiger partial charge is 0.410 e. The van der Waals surface area contributed by atoms with Crippen LogP contribution in [-0.2, 0) is 41.7 Å². The zero-order valence-electron chi connectivity index (χ0n) is 29.5. The zero-order chi connectivity index (χ0) is 36.6. The lowest BCUT2D eigenvalue weighted by Crippen LogP contribution is -2.47. The fraction of sp³-hybridized carbons (Fsp3) is 0.583. The van der Waals surface area contributed by atoms with Gasteiger partial charge in [-0.25, -0.2) is 9.59 Å². The molecule has 2 aliphatic heterocycles. The van der Waals surface area contributed by atoms with E-state index in [9.17, 15) is 33.6 Å². The van der Waals surface area contributed by atoms with Crippen molar-refractivity contribution in [2.45, 2.75) is 77.9 Å². The summed E-state index contributed by atoms with van der Waals surface area (Å²) in [5.41, 5.74) is 6.68. The third-order valence-corrected chi connectivity index (χ3v) is 9.03. The van der Waals surface area contributed by atoms with Crippen LogP contribution in [0.2, 0.25) is 0 Å². The fourth-order valence-corrected chi connectivity index (χ4v) is 5.81. The molecule has 50 heavy (non-hydrogen) atoms. The molecule has 2 heterocycles. The maximum absolute atomic E-state index is 13.5. The topological polar surface area (TPSA) is 189 Å². The highest BCUT2D eigenvalue weighted by Gasteiger charge is 2.29. The van der Waals surface area contributed by atoms with E-state index in [1.165, 1.54) is 17.1 Å². The number of likely N-dealkylation sites (N-methyl/N-ethyl adjacent to an activating group) is 1. The van der Waals surface area contributed by atoms with E-state index in [-0.39, 0.29) is 80.1 Å². The highest BCUT2D eigenvalue weighted by molar-refractivity contribution is 6.12. The predicted octanol–water partition coefficient (Wildman–Crippen LogP) is 2.33. The van der Waals surface area contributed by atoms with E-state index >= 15 is 0 Å². The molecule has 0 saturated carbocycles. The molecule has 0 unspecified atom stereocenters. The van der Waals surface area contributed by atoms with Crippen LogP contribution in [0, 0.1) is 11.8 Å². The lowest BCUT2D eigenvalue weighted by Gasteiger charge is -2.31. The molecule has 0 radical (unpaired) electrons. The van der Waals surface area contributed by atoms with E-state index in [1.54, 1.807) is 29.2 Å². The molecule has 1 saturated heterocycles. The second-order valence-electron chi connectivity index (χ2n) is 13.4. The van der Waals surface area contributed by atoms with E-state index in [0.29, 0.717) is 45.3 Å². The molecule has 1 aromatic carbocycles. The molecule has 0 bridgehead atoms. The number of unbranched alkanes of at least 4 members (excludes halogenated alkanes) is 2. The number of carbonyl (C=O) groups excluding carboxylic acids is 7. The van der Waals surface area contributed by atoms with Crippen LogP contribution >= 0.6 is 0 Å². The number of nitrogens with two attached hydrogens (primary N) is 1. The summed E-state index contributed by atoms with van der Waals surface area (Å²) in [6.45, 7) is 7.19. The number of carbonyl (C=O) groups is 7. The van der Waals surface area contributed by atoms with Crippen LogP contribution in [0.15, 0.2) is 36.4 Å². The van der Waals surface area contributed by atoms with Gasteiger partial charge in [-0.15, -0.1) is 0 Å². The maximum atomic E-state index is 13.5. The average Bonchev–Trinajstić information content (AvgIpc) is 3.40. The van der Waals surface area contributed by atoms with Crippen LogP contribution in [0.5, 0.6) is 0 Å². The molecule has 4 N–H and O–H groups in total. The van der Waals surface area contributed by atoms with Gasteiger partial charge in [0.15, 0.2) is 5.78 Å². The van der Waals surface area contributed by atoms with Gasteiger partial charge >= 0.3 is 12.1 Å². The third kappa shape index (κ3) is 13.4. The van der Waals surface area contributed by atoms with Crippen LogP contribution in [0.25, 0.3) is 0 Å². The Kier molecular flexibility index (Phi) is 16.1. The number of nitrogens with one attached hydrogen (secondary N) is 2. The normalized spacial score (nSPS) is 16.0. The number of urea groups is 1. The maximum Gasteiger partial charge on any atom is 0.410 e. The van der Waals surface area contributed by atoms with Crippen molar-refractivity contribution in [3.05, 3.63) is 47.5 Å². The molecule has 1 aromatic rings. The van der Waals surface area contributed by atoms with Crippen LogP contribution in [-0.4, -0.2) is 108 Å². The second-order valence-corrected chi connectivity index (χ2v) is 13.4. The summed E-state index contributed by atoms with van der Waals surface area (Å²) in [7, 11) is 2.01. The van der Waals surface area contributed by atoms with Gasteiger partial charge in [-0.05, 0) is 49.8 Å². The van der Waals surface area contributed by atoms with E-state index in [4.69, 9.17) is 10.5 Å². The number of piperazine rings is 1. The van der Waals surface area contributed by atoms with Crippen molar-refractivity contribution < 1.29 is 38.3 Å². The predicted molar refractivity (Wildman–Crippen MR) is 185 cm³/mol. The van der Waals surface area contributed by atoms with Gasteiger partial charge in [0, 0.05) is 76.6 Å². The molecule has 14 nitrogen and oxygen atoms in total. The summed E-state index contributed by atoms with van der Waals surface area (Å²) in [4.78, 5) is 91.8. The van der Waals surface area contributed by atoms with E-state index < -0.39 is 18.0 Å². The van der Waals surface area contributed by atoms with Gasteiger partial charge in [-0.3, -0.25) is 28.9 Å². The van der Waals surface area contributed by atoms with Gasteiger partial charge in [0.1, 0.15) is 12.4 Å². The number of rotatable bonds is 20. The van der Waals surface area contributed by atoms with Gasteiger partial charge in [-0.1, -0.05) is 44.5 Å². The molecule has 274 valence electrons. The van der Waals surface area contributed by atoms with Gasteiger partial charge in [0.25, 0.3) is 11.8 Å². The molecule has 0 spiro atoms. The first-order valence-electron chi connectivity index (χ1n) is 17.4. The van der Waals surface area contributed by atoms with Crippen molar-refractivity contribution in [2.24, 2.45) is 17.6 Å². The molecule has 0 aromatic heterocycles. The van der Waals surface area contributed by atoms with E-state index in [2.05, 4.69) is 15.5 Å². The third-order valence-electron chi connectivity index (χ3n) is 9.03. The Hall–Kier alpha value is -4.59. The molecule has 3 rings (SSSR count). The van der Waals surface area contributed by atoms with Gasteiger partial charge in [-0.2, -0.15) is 0 Å². The lowest BCUT2D eigenvalue weighted by atomic mass is 9.88. The van der Waals surface area contributed by atoms with Crippen molar-refractivity contribution in [3.8, 4) is 0 Å². The molecule has 6 amide bonds. The zero-order valence-corrected chi connectivity index (χ0v) is 29.5. The summed E-state index contributed by atoms with van der Waals surface area (Å²) in [5.74, 6) is -2.13. The van der Waals surface area contributed by atoms with Crippen LogP contribution in [0.3, 0.4) is 0 Å². The van der Waals surface area contributed by atoms with Crippen molar-refractivity contribution >= 4 is 41.4 Å². The minimum atomic E-state index is -0.844. The van der Waals surface area contributed by atoms with Gasteiger partial charge in [0.05, 0.1) is 6.04 Å². The Morgan fingerprint density at radius 3 is 2.14 bits per heavy atom. The number of imide groups is 1. The molecular formula is C36H52N6O8. The highest BCUT2D eigenvalue weighted by Crippen LogP contribution is 2.20. The molecular weight excluding hydrogens is 644 g/mol. The summed E-state index contributed by atoms with van der Waals surface area (Å²) in [5, 5.41) is 5.38. The summed E-state index contributed by atoms with van der Waals surface area (Å²) in [6, 6.07) is 5.65. The summed E-state index contributed by atoms with van der Waals surface area (Å²) in [6.07, 6.45) is 4.95. The fourth-order valence-electron chi connectivity index (χ4n) is 5.81. The van der Waals surface area contributed by atoms with Crippen molar-refractivity contribution in [1.82, 2.24) is 25.3 Å². The number of primary amides is 1. The number of ether oxygens (including phenoxy) is 1. The van der Waals surface area contributed by atoms with Crippen molar-refractivity contribution in [2.75, 3.05) is 46.3 Å². The molecule has 2 atom stereocenters. The molecule has 2 aliphatic rings. The number of benzene rings is 1. The van der Waals surface area contributed by atoms with Gasteiger partial charge < -0.3 is 30.9 Å². The summed E-state index contributed by atoms with van der Waals surface area (Å²) >= 11 is 0. The first-order valence-corrected chi connectivity index (χ1v) is 17.4. The Morgan fingerprint density at radius 2 is 1.52 bits per heavy atom. The van der Waals surface area contributed by atoms with Crippen LogP contribution in [0.1, 0.15) is 69.9 Å². The second kappa shape index (κ2) is 20.2. The Labute approximate surface area is 294 Å². The van der Waals surface area contributed by atoms with Crippen molar-refractivity contribution in [1.29, 1.82) is 0 Å². The highest BCUT2D eigenvalue weighted by atomic mass is 16.6. The van der Waals surface area contributed by atoms with Crippen LogP contribution < -0.4 is 16.4 Å². The Bertz CT molecular complexity index is 1370. The van der Waals surface area contributed by atoms with Gasteiger partial charge in [0.2, 0.25) is 5.91 Å². The number of Topliss-reactive ketones (excluding diaryl/α,β-unsaturated/α-hetero) is 2. The lowest BCUT2D eigenvalue weighted by molar-refractivity contribution is -0.137. The quantitative estimate of drug-likeness (QED) is 0.136. The Balaban J connectivity index is 1.51. The number of amides is 6. The minimum absolute atomic E-state index is 0.0293. The first-order chi connectivity index (χ1) is 23.8. The van der Waals surface area contributed by atoms with Crippen molar-refractivity contribution in [3.63, 3.8) is 0 Å². The van der Waals surface area contributed by atoms with Crippen LogP contribution in [0.4, 0.5) is 9.59 Å². The average molecular weight is 697 g/mol. The summed E-state index contributed by atoms with van der Waals surface area (Å²) < 4.78 is 5.47. The standard InChI is InChI=1S/C36H52N6O8/c1-25(2)29(23-28(43)8-5-4-6-17-42-32(45)14-15-33(42)46)34(47)39-30(9-7-16-38-35(37)48)31(44)22-26-10-12-27(13-11-26)24-50-36(49)41-20-18-40(3)19-21-41/h10-15,25,29-30H,4-9,16-24H2,1-3H3,(H,39,47)(H3,37,38,48)/t29-,30-/m0/s1. The minimum Gasteiger partial charge on any atom is -0.445 e. The number of hydrogen-bond acceptors (Lipinski definition) is 9. The number of hydrogen-bond donors (Lipinski definition) is 3. The first kappa shape index (κ1) is 39.8. The number of ketones is 2.